The minimum atomic E-state index is -4.94. The van der Waals surface area contributed by atoms with Crippen molar-refractivity contribution in [3.05, 3.63) is 16.0 Å². The molecule has 0 aromatic rings. The van der Waals surface area contributed by atoms with Crippen LogP contribution < -0.4 is 99.6 Å². The SMILES string of the molecule is [K+].[N-]=[N+]=[N-].[Na+].[O-][Cl+3]([O-])([O-])[O-]. The van der Waals surface area contributed by atoms with E-state index < -0.39 is 10.2 Å². The number of rotatable bonds is 0. The second-order valence-corrected chi connectivity index (χ2v) is 1.22. The second-order valence-electron chi connectivity index (χ2n) is 0.467. The summed E-state index contributed by atoms with van der Waals surface area (Å²) in [5.41, 5.74) is 13.5. The van der Waals surface area contributed by atoms with Crippen LogP contribution in [0.4, 0.5) is 0 Å². The van der Waals surface area contributed by atoms with E-state index in [0.717, 1.165) is 0 Å². The maximum atomic E-state index is 8.49. The summed E-state index contributed by atoms with van der Waals surface area (Å²) in [6.07, 6.45) is 0. The van der Waals surface area contributed by atoms with Gasteiger partial charge in [-0.1, -0.05) is 0 Å². The van der Waals surface area contributed by atoms with Gasteiger partial charge in [0.05, 0.1) is 0 Å². The summed E-state index contributed by atoms with van der Waals surface area (Å²) in [5.74, 6) is 0. The van der Waals surface area contributed by atoms with E-state index in [4.69, 9.17) is 29.7 Å². The standard InChI is InChI=1S/ClHO4.K.N3.Na/c2-1(3,4)5;;1-3-2;/h(H,2,3,4,5);;;/q;+1;-1;+1/p-1. The normalized spacial score (nSPS) is 6.80. The van der Waals surface area contributed by atoms with Crippen molar-refractivity contribution in [3.8, 4) is 0 Å². The van der Waals surface area contributed by atoms with Gasteiger partial charge in [0, 0.05) is 0 Å². The molecule has 10 heteroatoms. The predicted molar refractivity (Wildman–Crippen MR) is 10.1 cm³/mol. The molecule has 0 radical (unpaired) electrons. The van der Waals surface area contributed by atoms with Crippen LogP contribution in [-0.4, -0.2) is 0 Å². The van der Waals surface area contributed by atoms with Crippen molar-refractivity contribution in [3.63, 3.8) is 0 Å². The Balaban J connectivity index is -0.0000000326. The fourth-order valence-corrected chi connectivity index (χ4v) is 0. The molecule has 0 aliphatic heterocycles. The van der Waals surface area contributed by atoms with Crippen LogP contribution in [0.3, 0.4) is 0 Å². The van der Waals surface area contributed by atoms with Gasteiger partial charge in [0.25, 0.3) is 0 Å². The summed E-state index contributed by atoms with van der Waals surface area (Å²) in [7, 11) is -4.94. The summed E-state index contributed by atoms with van der Waals surface area (Å²) in [5, 5.41) is 0. The van der Waals surface area contributed by atoms with Crippen LogP contribution in [0, 0.1) is 10.2 Å². The summed E-state index contributed by atoms with van der Waals surface area (Å²) < 4.78 is 34.0. The number of nitrogens with zero attached hydrogens (tertiary/aromatic N) is 3. The molecular formula is ClKN3NaO4. The van der Waals surface area contributed by atoms with Crippen LogP contribution in [0.2, 0.25) is 0 Å². The van der Waals surface area contributed by atoms with Crippen LogP contribution in [0.1, 0.15) is 0 Å². The van der Waals surface area contributed by atoms with Crippen molar-refractivity contribution < 1.29 is 110 Å². The van der Waals surface area contributed by atoms with E-state index in [2.05, 4.69) is 0 Å². The molecule has 0 saturated heterocycles. The topological polar surface area (TPSA) is 151 Å². The zero-order valence-corrected chi connectivity index (χ0v) is 11.2. The zero-order valence-electron chi connectivity index (χ0n) is 5.35. The van der Waals surface area contributed by atoms with Gasteiger partial charge in [-0.25, -0.2) is 18.6 Å². The van der Waals surface area contributed by atoms with Crippen LogP contribution in [0.15, 0.2) is 0 Å². The molecule has 0 aliphatic carbocycles. The van der Waals surface area contributed by atoms with E-state index in [1.165, 1.54) is 4.91 Å². The molecule has 0 atom stereocenters. The number of hydrogen-bond acceptors (Lipinski definition) is 4. The Bertz CT molecular complexity index is 81.0. The van der Waals surface area contributed by atoms with E-state index in [1.807, 2.05) is 0 Å². The molecule has 0 aliphatic rings. The summed E-state index contributed by atoms with van der Waals surface area (Å²) in [4.78, 5) is 1.50. The average molecular weight is 204 g/mol. The Morgan fingerprint density at radius 3 is 1.00 bits per heavy atom. The predicted octanol–water partition coefficient (Wildman–Crippen LogP) is -9.88. The third kappa shape index (κ3) is 193. The molecule has 7 nitrogen and oxygen atoms in total. The van der Waals surface area contributed by atoms with E-state index in [-0.39, 0.29) is 80.9 Å². The van der Waals surface area contributed by atoms with Gasteiger partial charge in [0.2, 0.25) is 0 Å². The van der Waals surface area contributed by atoms with Gasteiger partial charge in [0.15, 0.2) is 0 Å². The Morgan fingerprint density at radius 2 is 1.00 bits per heavy atom. The number of halogens is 1. The minimum absolute atomic E-state index is 0. The van der Waals surface area contributed by atoms with E-state index >= 15 is 0 Å². The molecule has 10 heavy (non-hydrogen) atoms. The molecule has 0 spiro atoms. The molecule has 0 aromatic carbocycles. The molecule has 0 aromatic heterocycles. The third-order valence-corrected chi connectivity index (χ3v) is 0. The summed E-state index contributed by atoms with van der Waals surface area (Å²) in [6.45, 7) is 0. The van der Waals surface area contributed by atoms with Gasteiger partial charge in [0.1, 0.15) is 0 Å². The van der Waals surface area contributed by atoms with E-state index in [9.17, 15) is 0 Å². The molecule has 0 saturated carbocycles. The maximum Gasteiger partial charge on any atom is 1.00 e. The fraction of sp³-hybridized carbons (Fsp3) is 0. The van der Waals surface area contributed by atoms with Gasteiger partial charge >= 0.3 is 80.9 Å². The van der Waals surface area contributed by atoms with Crippen molar-refractivity contribution in [2.75, 3.05) is 0 Å². The molecule has 0 N–H and O–H groups in total. The molecule has 48 valence electrons. The maximum absolute atomic E-state index is 8.49. The Hall–Kier alpha value is 2.08. The molecule has 0 amide bonds. The van der Waals surface area contributed by atoms with Gasteiger partial charge < -0.3 is 11.1 Å². The minimum Gasteiger partial charge on any atom is -0.373 e. The molecule has 0 rings (SSSR count). The second kappa shape index (κ2) is 13.7. The van der Waals surface area contributed by atoms with Gasteiger partial charge in [-0.2, -0.15) is 0 Å². The Labute approximate surface area is 123 Å². The fourth-order valence-electron chi connectivity index (χ4n) is 0. The van der Waals surface area contributed by atoms with E-state index in [1.54, 1.807) is 0 Å². The Morgan fingerprint density at radius 1 is 1.00 bits per heavy atom. The van der Waals surface area contributed by atoms with Crippen molar-refractivity contribution in [2.45, 2.75) is 0 Å². The average Bonchev–Trinajstić information content (AvgIpc) is 1.27. The van der Waals surface area contributed by atoms with Crippen LogP contribution in [0.5, 0.6) is 0 Å². The molecule has 0 heterocycles. The van der Waals surface area contributed by atoms with Gasteiger partial charge in [-0.05, 0) is 0 Å². The van der Waals surface area contributed by atoms with Crippen LogP contribution in [0.25, 0.3) is 16.0 Å². The zero-order chi connectivity index (χ0) is 7.21. The van der Waals surface area contributed by atoms with Crippen LogP contribution >= 0.6 is 0 Å². The van der Waals surface area contributed by atoms with Crippen molar-refractivity contribution in [1.29, 1.82) is 0 Å². The van der Waals surface area contributed by atoms with Crippen molar-refractivity contribution in [2.24, 2.45) is 0 Å². The third-order valence-electron chi connectivity index (χ3n) is 0. The molecule has 0 fully saturated rings. The monoisotopic (exact) mass is 203 g/mol. The van der Waals surface area contributed by atoms with Crippen LogP contribution in [-0.2, 0) is 0 Å². The van der Waals surface area contributed by atoms with Crippen molar-refractivity contribution >= 4 is 0 Å². The first-order valence-corrected chi connectivity index (χ1v) is 2.25. The molecule has 0 bridgehead atoms. The quantitative estimate of drug-likeness (QED) is 0.166. The van der Waals surface area contributed by atoms with Gasteiger partial charge in [-0.3, -0.25) is 4.91 Å². The van der Waals surface area contributed by atoms with Crippen molar-refractivity contribution in [1.82, 2.24) is 0 Å². The first-order chi connectivity index (χ1) is 3.41. The van der Waals surface area contributed by atoms with Gasteiger partial charge in [-0.15, -0.1) is 10.2 Å². The molecule has 0 unspecified atom stereocenters. The number of hydrogen-bond donors (Lipinski definition) is 0. The first-order valence-electron chi connectivity index (χ1n) is 1.02. The Kier molecular flexibility index (Phi) is 31.0. The summed E-state index contributed by atoms with van der Waals surface area (Å²) in [6, 6.07) is 0. The first kappa shape index (κ1) is 22.7. The van der Waals surface area contributed by atoms with E-state index in [0.29, 0.717) is 0 Å². The largest absolute Gasteiger partial charge is 1.00 e. The summed E-state index contributed by atoms with van der Waals surface area (Å²) >= 11 is 0. The molecular weight excluding hydrogens is 204 g/mol. The smallest absolute Gasteiger partial charge is 0.373 e.